The molecule has 0 aliphatic heterocycles. The first kappa shape index (κ1) is 22.6. The standard InChI is InChI=1S/C21H27N3O4S/c1-6-24(15-16-7-9-17(10-8-16)20(25)22(2)3)21(26)18-11-13-19(14-12-18)29(27,28)23(4)5/h7-14H,6,15H2,1-5H3. The van der Waals surface area contributed by atoms with E-state index in [4.69, 9.17) is 0 Å². The molecule has 2 aromatic carbocycles. The molecule has 0 fully saturated rings. The van der Waals surface area contributed by atoms with Gasteiger partial charge < -0.3 is 9.80 Å². The van der Waals surface area contributed by atoms with Gasteiger partial charge in [0.15, 0.2) is 0 Å². The monoisotopic (exact) mass is 417 g/mol. The summed E-state index contributed by atoms with van der Waals surface area (Å²) in [4.78, 5) is 28.1. The third-order valence-corrected chi connectivity index (χ3v) is 6.36. The highest BCUT2D eigenvalue weighted by atomic mass is 32.2. The van der Waals surface area contributed by atoms with Crippen LogP contribution in [0.15, 0.2) is 53.4 Å². The molecule has 0 unspecified atom stereocenters. The van der Waals surface area contributed by atoms with E-state index in [9.17, 15) is 18.0 Å². The van der Waals surface area contributed by atoms with Crippen LogP contribution in [-0.4, -0.2) is 69.1 Å². The number of carbonyl (C=O) groups excluding carboxylic acids is 2. The summed E-state index contributed by atoms with van der Waals surface area (Å²) in [6.45, 7) is 2.77. The maximum absolute atomic E-state index is 12.8. The average molecular weight is 418 g/mol. The van der Waals surface area contributed by atoms with E-state index in [1.54, 1.807) is 31.1 Å². The number of amides is 2. The Morgan fingerprint density at radius 3 is 1.72 bits per heavy atom. The molecule has 156 valence electrons. The zero-order valence-corrected chi connectivity index (χ0v) is 18.2. The van der Waals surface area contributed by atoms with Crippen LogP contribution in [-0.2, 0) is 16.6 Å². The predicted molar refractivity (Wildman–Crippen MR) is 112 cm³/mol. The summed E-state index contributed by atoms with van der Waals surface area (Å²) in [6.07, 6.45) is 0. The van der Waals surface area contributed by atoms with E-state index in [0.717, 1.165) is 9.87 Å². The van der Waals surface area contributed by atoms with Crippen LogP contribution in [0, 0.1) is 0 Å². The summed E-state index contributed by atoms with van der Waals surface area (Å²) in [5.74, 6) is -0.262. The molecule has 2 aromatic rings. The first-order chi connectivity index (χ1) is 13.6. The quantitative estimate of drug-likeness (QED) is 0.693. The molecule has 0 heterocycles. The minimum Gasteiger partial charge on any atom is -0.345 e. The minimum absolute atomic E-state index is 0.0762. The third kappa shape index (κ3) is 5.21. The summed E-state index contributed by atoms with van der Waals surface area (Å²) in [5, 5.41) is 0. The van der Waals surface area contributed by atoms with E-state index in [2.05, 4.69) is 0 Å². The Bertz CT molecular complexity index is 966. The van der Waals surface area contributed by atoms with E-state index >= 15 is 0 Å². The lowest BCUT2D eigenvalue weighted by atomic mass is 10.1. The SMILES string of the molecule is CCN(Cc1ccc(C(=O)N(C)C)cc1)C(=O)c1ccc(S(=O)(=O)N(C)C)cc1. The van der Waals surface area contributed by atoms with Gasteiger partial charge in [0.05, 0.1) is 4.90 Å². The highest BCUT2D eigenvalue weighted by Gasteiger charge is 2.19. The van der Waals surface area contributed by atoms with Crippen LogP contribution in [0.2, 0.25) is 0 Å². The van der Waals surface area contributed by atoms with E-state index in [-0.39, 0.29) is 16.7 Å². The van der Waals surface area contributed by atoms with Gasteiger partial charge in [-0.3, -0.25) is 9.59 Å². The molecule has 0 spiro atoms. The number of benzene rings is 2. The van der Waals surface area contributed by atoms with Crippen molar-refractivity contribution >= 4 is 21.8 Å². The van der Waals surface area contributed by atoms with Crippen molar-refractivity contribution < 1.29 is 18.0 Å². The highest BCUT2D eigenvalue weighted by Crippen LogP contribution is 2.16. The second kappa shape index (κ2) is 9.19. The van der Waals surface area contributed by atoms with Crippen LogP contribution in [0.4, 0.5) is 0 Å². The van der Waals surface area contributed by atoms with Gasteiger partial charge in [-0.15, -0.1) is 0 Å². The zero-order valence-electron chi connectivity index (χ0n) is 17.4. The third-order valence-electron chi connectivity index (χ3n) is 4.53. The van der Waals surface area contributed by atoms with Gasteiger partial charge in [0.25, 0.3) is 11.8 Å². The summed E-state index contributed by atoms with van der Waals surface area (Å²) in [6, 6.07) is 13.1. The number of sulfonamides is 1. The first-order valence-electron chi connectivity index (χ1n) is 9.20. The Morgan fingerprint density at radius 2 is 1.28 bits per heavy atom. The molecular weight excluding hydrogens is 390 g/mol. The van der Waals surface area contributed by atoms with Gasteiger partial charge in [0.1, 0.15) is 0 Å². The van der Waals surface area contributed by atoms with Crippen molar-refractivity contribution in [3.05, 3.63) is 65.2 Å². The molecule has 0 radical (unpaired) electrons. The van der Waals surface area contributed by atoms with Crippen LogP contribution in [0.3, 0.4) is 0 Å². The zero-order chi connectivity index (χ0) is 21.8. The van der Waals surface area contributed by atoms with Crippen LogP contribution in [0.1, 0.15) is 33.2 Å². The molecule has 0 aliphatic rings. The van der Waals surface area contributed by atoms with Gasteiger partial charge in [-0.1, -0.05) is 12.1 Å². The Balaban J connectivity index is 2.16. The predicted octanol–water partition coefficient (Wildman–Crippen LogP) is 2.30. The van der Waals surface area contributed by atoms with Crippen molar-refractivity contribution in [3.63, 3.8) is 0 Å². The van der Waals surface area contributed by atoms with Crippen LogP contribution < -0.4 is 0 Å². The number of nitrogens with zero attached hydrogens (tertiary/aromatic N) is 3. The van der Waals surface area contributed by atoms with Gasteiger partial charge in [0, 0.05) is 52.4 Å². The fourth-order valence-electron chi connectivity index (χ4n) is 2.72. The van der Waals surface area contributed by atoms with Crippen LogP contribution >= 0.6 is 0 Å². The number of hydrogen-bond donors (Lipinski definition) is 0. The van der Waals surface area contributed by atoms with Gasteiger partial charge in [-0.25, -0.2) is 12.7 Å². The van der Waals surface area contributed by atoms with E-state index in [1.807, 2.05) is 19.1 Å². The lowest BCUT2D eigenvalue weighted by Crippen LogP contribution is -2.30. The lowest BCUT2D eigenvalue weighted by Gasteiger charge is -2.21. The summed E-state index contributed by atoms with van der Waals surface area (Å²) < 4.78 is 25.5. The lowest BCUT2D eigenvalue weighted by molar-refractivity contribution is 0.0751. The topological polar surface area (TPSA) is 78.0 Å². The molecule has 8 heteroatoms. The fraction of sp³-hybridized carbons (Fsp3) is 0.333. The average Bonchev–Trinajstić information content (AvgIpc) is 2.71. The van der Waals surface area contributed by atoms with Crippen molar-refractivity contribution in [2.45, 2.75) is 18.4 Å². The van der Waals surface area contributed by atoms with E-state index in [0.29, 0.717) is 24.2 Å². The molecule has 0 saturated carbocycles. The number of carbonyl (C=O) groups is 2. The Morgan fingerprint density at radius 1 is 0.793 bits per heavy atom. The maximum Gasteiger partial charge on any atom is 0.254 e. The second-order valence-corrected chi connectivity index (χ2v) is 9.18. The smallest absolute Gasteiger partial charge is 0.254 e. The number of rotatable bonds is 7. The molecule has 0 aromatic heterocycles. The molecule has 29 heavy (non-hydrogen) atoms. The van der Waals surface area contributed by atoms with E-state index in [1.165, 1.54) is 43.3 Å². The van der Waals surface area contributed by atoms with E-state index < -0.39 is 10.0 Å². The Labute approximate surface area is 172 Å². The summed E-state index contributed by atoms with van der Waals surface area (Å²) in [5.41, 5.74) is 1.91. The molecule has 7 nitrogen and oxygen atoms in total. The molecule has 2 amide bonds. The molecule has 0 atom stereocenters. The van der Waals surface area contributed by atoms with Crippen molar-refractivity contribution in [1.29, 1.82) is 0 Å². The molecule has 2 rings (SSSR count). The van der Waals surface area contributed by atoms with Gasteiger partial charge >= 0.3 is 0 Å². The highest BCUT2D eigenvalue weighted by molar-refractivity contribution is 7.89. The van der Waals surface area contributed by atoms with Crippen LogP contribution in [0.5, 0.6) is 0 Å². The molecule has 0 bridgehead atoms. The van der Waals surface area contributed by atoms with Gasteiger partial charge in [-0.05, 0) is 48.9 Å². The molecule has 0 saturated heterocycles. The number of hydrogen-bond acceptors (Lipinski definition) is 4. The van der Waals surface area contributed by atoms with Crippen molar-refractivity contribution in [2.24, 2.45) is 0 Å². The summed E-state index contributed by atoms with van der Waals surface area (Å²) in [7, 11) is 2.79. The first-order valence-corrected chi connectivity index (χ1v) is 10.6. The van der Waals surface area contributed by atoms with Gasteiger partial charge in [-0.2, -0.15) is 0 Å². The maximum atomic E-state index is 12.8. The van der Waals surface area contributed by atoms with Crippen molar-refractivity contribution in [3.8, 4) is 0 Å². The summed E-state index contributed by atoms with van der Waals surface area (Å²) >= 11 is 0. The normalized spacial score (nSPS) is 11.4. The molecule has 0 aliphatic carbocycles. The fourth-order valence-corrected chi connectivity index (χ4v) is 3.62. The van der Waals surface area contributed by atoms with Crippen molar-refractivity contribution in [1.82, 2.24) is 14.1 Å². The second-order valence-electron chi connectivity index (χ2n) is 7.03. The minimum atomic E-state index is -3.53. The largest absolute Gasteiger partial charge is 0.345 e. The molecular formula is C21H27N3O4S. The van der Waals surface area contributed by atoms with Gasteiger partial charge in [0.2, 0.25) is 10.0 Å². The Hall–Kier alpha value is -2.71. The molecule has 0 N–H and O–H groups in total. The van der Waals surface area contributed by atoms with Crippen LogP contribution in [0.25, 0.3) is 0 Å². The Kier molecular flexibility index (Phi) is 7.16. The van der Waals surface area contributed by atoms with Crippen molar-refractivity contribution in [2.75, 3.05) is 34.7 Å².